The Hall–Kier alpha value is -1.94. The van der Waals surface area contributed by atoms with Crippen LogP contribution in [0.25, 0.3) is 10.9 Å². The first-order valence-corrected chi connectivity index (χ1v) is 7.52. The third kappa shape index (κ3) is 2.51. The molecule has 0 aliphatic heterocycles. The number of nitrogens with zero attached hydrogens (tertiary/aromatic N) is 1. The summed E-state index contributed by atoms with van der Waals surface area (Å²) < 4.78 is 0. The second-order valence-corrected chi connectivity index (χ2v) is 5.98. The van der Waals surface area contributed by atoms with Crippen LogP contribution in [0, 0.1) is 12.3 Å². The van der Waals surface area contributed by atoms with Crippen molar-refractivity contribution < 1.29 is 4.79 Å². The zero-order chi connectivity index (χ0) is 14.9. The van der Waals surface area contributed by atoms with Crippen molar-refractivity contribution in [2.75, 3.05) is 11.9 Å². The molecule has 4 nitrogen and oxygen atoms in total. The van der Waals surface area contributed by atoms with Crippen LogP contribution in [-0.2, 0) is 4.79 Å². The zero-order valence-corrected chi connectivity index (χ0v) is 12.4. The Balaban J connectivity index is 1.94. The molecule has 1 aliphatic carbocycles. The second kappa shape index (κ2) is 5.45. The Morgan fingerprint density at radius 1 is 1.29 bits per heavy atom. The van der Waals surface area contributed by atoms with E-state index in [1.54, 1.807) is 0 Å². The third-order valence-electron chi connectivity index (χ3n) is 4.54. The number of aryl methyl sites for hydroxylation is 1. The van der Waals surface area contributed by atoms with Crippen LogP contribution in [0.15, 0.2) is 30.3 Å². The summed E-state index contributed by atoms with van der Waals surface area (Å²) >= 11 is 0. The van der Waals surface area contributed by atoms with Crippen molar-refractivity contribution in [3.8, 4) is 0 Å². The number of nitrogens with one attached hydrogen (secondary N) is 1. The minimum absolute atomic E-state index is 0.0401. The summed E-state index contributed by atoms with van der Waals surface area (Å²) in [6, 6.07) is 9.87. The van der Waals surface area contributed by atoms with Crippen molar-refractivity contribution in [1.82, 2.24) is 4.98 Å². The number of aromatic nitrogens is 1. The summed E-state index contributed by atoms with van der Waals surface area (Å²) in [5, 5.41) is 4.10. The first kappa shape index (κ1) is 14.0. The Labute approximate surface area is 124 Å². The number of nitrogens with two attached hydrogens (primary N) is 1. The zero-order valence-electron chi connectivity index (χ0n) is 12.4. The van der Waals surface area contributed by atoms with Gasteiger partial charge in [-0.2, -0.15) is 0 Å². The highest BCUT2D eigenvalue weighted by Gasteiger charge is 2.39. The number of pyridine rings is 1. The van der Waals surface area contributed by atoms with Gasteiger partial charge < -0.3 is 11.1 Å². The highest BCUT2D eigenvalue weighted by Crippen LogP contribution is 2.38. The summed E-state index contributed by atoms with van der Waals surface area (Å²) in [7, 11) is 0. The van der Waals surface area contributed by atoms with E-state index in [2.05, 4.69) is 10.3 Å². The molecule has 0 radical (unpaired) electrons. The summed E-state index contributed by atoms with van der Waals surface area (Å²) in [6.45, 7) is 2.37. The van der Waals surface area contributed by atoms with E-state index in [0.29, 0.717) is 6.54 Å². The van der Waals surface area contributed by atoms with E-state index in [0.717, 1.165) is 48.0 Å². The molecule has 0 bridgehead atoms. The van der Waals surface area contributed by atoms with Crippen LogP contribution in [0.4, 0.5) is 5.69 Å². The van der Waals surface area contributed by atoms with Crippen LogP contribution in [0.3, 0.4) is 0 Å². The Morgan fingerprint density at radius 3 is 2.76 bits per heavy atom. The molecule has 1 fully saturated rings. The number of benzene rings is 1. The average Bonchev–Trinajstić information content (AvgIpc) is 2.98. The highest BCUT2D eigenvalue weighted by atomic mass is 16.2. The molecular weight excluding hydrogens is 262 g/mol. The maximum Gasteiger partial charge on any atom is 0.231 e. The minimum atomic E-state index is -0.397. The van der Waals surface area contributed by atoms with Gasteiger partial charge in [0.15, 0.2) is 0 Å². The summed E-state index contributed by atoms with van der Waals surface area (Å²) in [5.41, 5.74) is 8.05. The van der Waals surface area contributed by atoms with E-state index in [1.807, 2.05) is 37.3 Å². The molecule has 0 spiro atoms. The standard InChI is InChI=1S/C17H21N3O/c1-12-7-8-13-5-4-6-14(15(13)19-12)20-16(21)17(11-18)9-2-3-10-17/h4-8H,2-3,9-11,18H2,1H3,(H,20,21). The Morgan fingerprint density at radius 2 is 2.05 bits per heavy atom. The number of carbonyl (C=O) groups is 1. The van der Waals surface area contributed by atoms with Crippen LogP contribution in [0.5, 0.6) is 0 Å². The van der Waals surface area contributed by atoms with E-state index in [4.69, 9.17) is 5.73 Å². The van der Waals surface area contributed by atoms with Crippen molar-refractivity contribution in [3.05, 3.63) is 36.0 Å². The summed E-state index contributed by atoms with van der Waals surface area (Å²) in [6.07, 6.45) is 3.92. The Kier molecular flexibility index (Phi) is 3.64. The summed E-state index contributed by atoms with van der Waals surface area (Å²) in [4.78, 5) is 17.2. The van der Waals surface area contributed by atoms with E-state index in [-0.39, 0.29) is 5.91 Å². The molecule has 0 saturated heterocycles. The lowest BCUT2D eigenvalue weighted by Gasteiger charge is -2.26. The topological polar surface area (TPSA) is 68.0 Å². The van der Waals surface area contributed by atoms with Crippen molar-refractivity contribution >= 4 is 22.5 Å². The SMILES string of the molecule is Cc1ccc2cccc(NC(=O)C3(CN)CCCC3)c2n1. The molecule has 4 heteroatoms. The fourth-order valence-electron chi connectivity index (χ4n) is 3.18. The maximum atomic E-state index is 12.7. The maximum absolute atomic E-state index is 12.7. The third-order valence-corrected chi connectivity index (χ3v) is 4.54. The fourth-order valence-corrected chi connectivity index (χ4v) is 3.18. The number of para-hydroxylation sites is 1. The van der Waals surface area contributed by atoms with Crippen LogP contribution in [0.2, 0.25) is 0 Å². The number of fused-ring (bicyclic) bond motifs is 1. The molecule has 0 atom stereocenters. The molecule has 1 amide bonds. The molecular formula is C17H21N3O. The van der Waals surface area contributed by atoms with Crippen LogP contribution in [-0.4, -0.2) is 17.4 Å². The lowest BCUT2D eigenvalue weighted by atomic mass is 9.85. The number of hydrogen-bond donors (Lipinski definition) is 2. The molecule has 1 aliphatic rings. The molecule has 1 aromatic heterocycles. The van der Waals surface area contributed by atoms with Gasteiger partial charge in [0, 0.05) is 17.6 Å². The largest absolute Gasteiger partial charge is 0.329 e. The second-order valence-electron chi connectivity index (χ2n) is 5.98. The lowest BCUT2D eigenvalue weighted by molar-refractivity contribution is -0.124. The summed E-state index contributed by atoms with van der Waals surface area (Å²) in [5.74, 6) is 0.0401. The number of carbonyl (C=O) groups excluding carboxylic acids is 1. The molecule has 110 valence electrons. The minimum Gasteiger partial charge on any atom is -0.329 e. The number of anilines is 1. The van der Waals surface area contributed by atoms with Gasteiger partial charge in [-0.25, -0.2) is 0 Å². The first-order chi connectivity index (χ1) is 10.1. The molecule has 1 heterocycles. The van der Waals surface area contributed by atoms with Gasteiger partial charge >= 0.3 is 0 Å². The van der Waals surface area contributed by atoms with Crippen LogP contribution >= 0.6 is 0 Å². The van der Waals surface area contributed by atoms with Crippen LogP contribution < -0.4 is 11.1 Å². The van der Waals surface area contributed by atoms with Gasteiger partial charge in [0.2, 0.25) is 5.91 Å². The van der Waals surface area contributed by atoms with Gasteiger partial charge in [0.25, 0.3) is 0 Å². The van der Waals surface area contributed by atoms with Crippen molar-refractivity contribution in [3.63, 3.8) is 0 Å². The van der Waals surface area contributed by atoms with Gasteiger partial charge in [-0.1, -0.05) is 31.0 Å². The van der Waals surface area contributed by atoms with Crippen molar-refractivity contribution in [2.24, 2.45) is 11.1 Å². The quantitative estimate of drug-likeness (QED) is 0.910. The molecule has 3 N–H and O–H groups in total. The molecule has 0 unspecified atom stereocenters. The van der Waals surface area contributed by atoms with E-state index in [9.17, 15) is 4.79 Å². The van der Waals surface area contributed by atoms with Crippen molar-refractivity contribution in [1.29, 1.82) is 0 Å². The monoisotopic (exact) mass is 283 g/mol. The van der Waals surface area contributed by atoms with Gasteiger partial charge in [0.05, 0.1) is 16.6 Å². The smallest absolute Gasteiger partial charge is 0.231 e. The highest BCUT2D eigenvalue weighted by molar-refractivity contribution is 6.02. The molecule has 21 heavy (non-hydrogen) atoms. The van der Waals surface area contributed by atoms with Gasteiger partial charge in [0.1, 0.15) is 0 Å². The van der Waals surface area contributed by atoms with Gasteiger partial charge in [-0.3, -0.25) is 9.78 Å². The number of hydrogen-bond acceptors (Lipinski definition) is 3. The van der Waals surface area contributed by atoms with Crippen molar-refractivity contribution in [2.45, 2.75) is 32.6 Å². The van der Waals surface area contributed by atoms with Gasteiger partial charge in [-0.15, -0.1) is 0 Å². The van der Waals surface area contributed by atoms with Gasteiger partial charge in [-0.05, 0) is 31.9 Å². The number of amides is 1. The molecule has 3 rings (SSSR count). The first-order valence-electron chi connectivity index (χ1n) is 7.52. The molecule has 1 saturated carbocycles. The predicted molar refractivity (Wildman–Crippen MR) is 85.1 cm³/mol. The number of rotatable bonds is 3. The van der Waals surface area contributed by atoms with Crippen LogP contribution in [0.1, 0.15) is 31.4 Å². The normalized spacial score (nSPS) is 17.0. The predicted octanol–water partition coefficient (Wildman–Crippen LogP) is 3.00. The van der Waals surface area contributed by atoms with E-state index >= 15 is 0 Å². The Bertz CT molecular complexity index is 675. The molecule has 1 aromatic carbocycles. The van der Waals surface area contributed by atoms with E-state index in [1.165, 1.54) is 0 Å². The molecule has 2 aromatic rings. The van der Waals surface area contributed by atoms with E-state index < -0.39 is 5.41 Å². The average molecular weight is 283 g/mol. The fraction of sp³-hybridized carbons (Fsp3) is 0.412. The lowest BCUT2D eigenvalue weighted by Crippen LogP contribution is -2.40.